The summed E-state index contributed by atoms with van der Waals surface area (Å²) in [7, 11) is 3.50. The van der Waals surface area contributed by atoms with Gasteiger partial charge in [0.25, 0.3) is 5.91 Å². The monoisotopic (exact) mass is 270 g/mol. The number of carbonyl (C=O) groups excluding carboxylic acids is 1. The Kier molecular flexibility index (Phi) is 3.72. The van der Waals surface area contributed by atoms with Crippen molar-refractivity contribution in [3.8, 4) is 0 Å². The van der Waals surface area contributed by atoms with Gasteiger partial charge in [0.1, 0.15) is 10.6 Å². The highest BCUT2D eigenvalue weighted by molar-refractivity contribution is 7.11. The highest BCUT2D eigenvalue weighted by atomic mass is 32.1. The summed E-state index contributed by atoms with van der Waals surface area (Å²) in [5.74, 6) is 0.539. The van der Waals surface area contributed by atoms with E-state index in [4.69, 9.17) is 5.73 Å². The molecule has 0 radical (unpaired) electrons. The van der Waals surface area contributed by atoms with Crippen LogP contribution in [0.3, 0.4) is 0 Å². The van der Waals surface area contributed by atoms with Crippen molar-refractivity contribution in [2.75, 3.05) is 31.3 Å². The number of nitrogens with zero attached hydrogens (tertiary/aromatic N) is 2. The first-order valence-electron chi connectivity index (χ1n) is 5.89. The number of nitrogen functional groups attached to an aromatic ring is 1. The molecule has 0 unspecified atom stereocenters. The van der Waals surface area contributed by atoms with Crippen LogP contribution >= 0.6 is 11.5 Å². The fourth-order valence-corrected chi connectivity index (χ4v) is 2.99. The van der Waals surface area contributed by atoms with Crippen molar-refractivity contribution in [3.05, 3.63) is 5.56 Å². The van der Waals surface area contributed by atoms with E-state index < -0.39 is 0 Å². The van der Waals surface area contributed by atoms with Gasteiger partial charge >= 0.3 is 0 Å². The fraction of sp³-hybridized carbons (Fsp3) is 0.636. The highest BCUT2D eigenvalue weighted by Crippen LogP contribution is 2.33. The van der Waals surface area contributed by atoms with Crippen molar-refractivity contribution in [1.29, 1.82) is 0 Å². The SMILES string of the molecule is CNC(=O)c1c(N)nsc1N(C)CC1CC(O)C1. The molecule has 6 nitrogen and oxygen atoms in total. The van der Waals surface area contributed by atoms with Crippen LogP contribution in [0.1, 0.15) is 23.2 Å². The lowest BCUT2D eigenvalue weighted by Crippen LogP contribution is -2.37. The van der Waals surface area contributed by atoms with E-state index in [1.54, 1.807) is 7.05 Å². The second-order valence-corrected chi connectivity index (χ2v) is 5.45. The van der Waals surface area contributed by atoms with Crippen LogP contribution in [0.4, 0.5) is 10.8 Å². The molecule has 1 fully saturated rings. The minimum Gasteiger partial charge on any atom is -0.393 e. The Labute approximate surface area is 110 Å². The Balaban J connectivity index is 2.10. The average molecular weight is 270 g/mol. The molecule has 100 valence electrons. The Morgan fingerprint density at radius 2 is 2.33 bits per heavy atom. The third kappa shape index (κ3) is 2.41. The maximum Gasteiger partial charge on any atom is 0.257 e. The highest BCUT2D eigenvalue weighted by Gasteiger charge is 2.30. The second kappa shape index (κ2) is 5.11. The summed E-state index contributed by atoms with van der Waals surface area (Å²) in [6.45, 7) is 0.808. The predicted octanol–water partition coefficient (Wildman–Crippen LogP) is 0.292. The molecule has 1 aliphatic carbocycles. The normalized spacial score (nSPS) is 22.4. The maximum absolute atomic E-state index is 11.8. The van der Waals surface area contributed by atoms with E-state index in [1.165, 1.54) is 11.5 Å². The molecule has 1 aliphatic rings. The minimum absolute atomic E-state index is 0.159. The molecule has 0 aromatic carbocycles. The molecule has 0 aliphatic heterocycles. The number of nitrogens with one attached hydrogen (secondary N) is 1. The minimum atomic E-state index is -0.211. The van der Waals surface area contributed by atoms with Crippen LogP contribution in [-0.4, -0.2) is 42.1 Å². The van der Waals surface area contributed by atoms with E-state index in [2.05, 4.69) is 9.69 Å². The molecule has 0 spiro atoms. The second-order valence-electron chi connectivity index (χ2n) is 4.70. The van der Waals surface area contributed by atoms with Gasteiger partial charge in [0.05, 0.1) is 6.10 Å². The standard InChI is InChI=1S/C11H18N4O2S/c1-13-10(17)8-9(12)14-18-11(8)15(2)5-6-3-7(16)4-6/h6-7,16H,3-5H2,1-2H3,(H2,12,14)(H,13,17). The summed E-state index contributed by atoms with van der Waals surface area (Å²) in [5, 5.41) is 12.6. The third-order valence-corrected chi connectivity index (χ3v) is 4.22. The Hall–Kier alpha value is -1.34. The van der Waals surface area contributed by atoms with Gasteiger partial charge < -0.3 is 21.1 Å². The molecular formula is C11H18N4O2S. The van der Waals surface area contributed by atoms with Crippen LogP contribution in [-0.2, 0) is 0 Å². The number of hydrogen-bond donors (Lipinski definition) is 3. The van der Waals surface area contributed by atoms with E-state index in [-0.39, 0.29) is 17.8 Å². The molecule has 18 heavy (non-hydrogen) atoms. The van der Waals surface area contributed by atoms with E-state index >= 15 is 0 Å². The van der Waals surface area contributed by atoms with Gasteiger partial charge in [-0.25, -0.2) is 0 Å². The molecule has 2 rings (SSSR count). The number of aromatic nitrogens is 1. The van der Waals surface area contributed by atoms with Crippen molar-refractivity contribution in [3.63, 3.8) is 0 Å². The molecule has 0 saturated heterocycles. The molecule has 0 atom stereocenters. The Bertz CT molecular complexity index is 442. The van der Waals surface area contributed by atoms with Crippen LogP contribution in [0.5, 0.6) is 0 Å². The number of anilines is 2. The predicted molar refractivity (Wildman–Crippen MR) is 71.9 cm³/mol. The van der Waals surface area contributed by atoms with Gasteiger partial charge in [0, 0.05) is 20.6 Å². The number of aliphatic hydroxyl groups excluding tert-OH is 1. The molecule has 1 aromatic rings. The fourth-order valence-electron chi connectivity index (χ4n) is 2.21. The topological polar surface area (TPSA) is 91.5 Å². The molecule has 1 heterocycles. The average Bonchev–Trinajstić information content (AvgIpc) is 2.68. The first-order chi connectivity index (χ1) is 8.52. The van der Waals surface area contributed by atoms with Crippen molar-refractivity contribution in [2.24, 2.45) is 5.92 Å². The molecular weight excluding hydrogens is 252 g/mol. The van der Waals surface area contributed by atoms with Gasteiger partial charge in [-0.05, 0) is 30.3 Å². The van der Waals surface area contributed by atoms with Gasteiger partial charge in [-0.15, -0.1) is 0 Å². The summed E-state index contributed by atoms with van der Waals surface area (Å²) in [5.41, 5.74) is 6.18. The number of carbonyl (C=O) groups is 1. The molecule has 4 N–H and O–H groups in total. The number of amides is 1. The van der Waals surface area contributed by atoms with Gasteiger partial charge in [-0.1, -0.05) is 0 Å². The van der Waals surface area contributed by atoms with Crippen LogP contribution in [0, 0.1) is 5.92 Å². The molecule has 0 bridgehead atoms. The zero-order valence-electron chi connectivity index (χ0n) is 10.5. The summed E-state index contributed by atoms with van der Waals surface area (Å²) < 4.78 is 4.04. The van der Waals surface area contributed by atoms with Crippen LogP contribution in [0.2, 0.25) is 0 Å². The first-order valence-corrected chi connectivity index (χ1v) is 6.66. The largest absolute Gasteiger partial charge is 0.393 e. The molecule has 1 saturated carbocycles. The molecule has 1 amide bonds. The quantitative estimate of drug-likeness (QED) is 0.731. The maximum atomic E-state index is 11.8. The van der Waals surface area contributed by atoms with Crippen molar-refractivity contribution in [2.45, 2.75) is 18.9 Å². The van der Waals surface area contributed by atoms with Crippen molar-refractivity contribution in [1.82, 2.24) is 9.69 Å². The first kappa shape index (κ1) is 13.1. The number of hydrogen-bond acceptors (Lipinski definition) is 6. The van der Waals surface area contributed by atoms with Gasteiger partial charge in [0.15, 0.2) is 5.82 Å². The van der Waals surface area contributed by atoms with E-state index in [1.807, 2.05) is 11.9 Å². The Morgan fingerprint density at radius 3 is 2.89 bits per heavy atom. The molecule has 7 heteroatoms. The van der Waals surface area contributed by atoms with Crippen molar-refractivity contribution < 1.29 is 9.90 Å². The van der Waals surface area contributed by atoms with Crippen LogP contribution < -0.4 is 16.0 Å². The summed E-state index contributed by atoms with van der Waals surface area (Å²) in [6.07, 6.45) is 1.50. The van der Waals surface area contributed by atoms with Crippen LogP contribution in [0.15, 0.2) is 0 Å². The smallest absolute Gasteiger partial charge is 0.257 e. The molecule has 1 aromatic heterocycles. The Morgan fingerprint density at radius 1 is 1.67 bits per heavy atom. The van der Waals surface area contributed by atoms with Gasteiger partial charge in [-0.2, -0.15) is 4.37 Å². The van der Waals surface area contributed by atoms with E-state index in [9.17, 15) is 9.90 Å². The number of aliphatic hydroxyl groups is 1. The number of nitrogens with two attached hydrogens (primary N) is 1. The van der Waals surface area contributed by atoms with Crippen LogP contribution in [0.25, 0.3) is 0 Å². The van der Waals surface area contributed by atoms with Gasteiger partial charge in [0.2, 0.25) is 0 Å². The zero-order chi connectivity index (χ0) is 13.3. The van der Waals surface area contributed by atoms with E-state index in [0.29, 0.717) is 11.5 Å². The summed E-state index contributed by atoms with van der Waals surface area (Å²) >= 11 is 1.23. The van der Waals surface area contributed by atoms with Gasteiger partial charge in [-0.3, -0.25) is 4.79 Å². The summed E-state index contributed by atoms with van der Waals surface area (Å²) in [6, 6.07) is 0. The van der Waals surface area contributed by atoms with Crippen molar-refractivity contribution >= 4 is 28.3 Å². The lowest BCUT2D eigenvalue weighted by atomic mass is 9.82. The summed E-state index contributed by atoms with van der Waals surface area (Å²) in [4.78, 5) is 13.7. The third-order valence-electron chi connectivity index (χ3n) is 3.24. The number of rotatable bonds is 4. The van der Waals surface area contributed by atoms with E-state index in [0.717, 1.165) is 24.4 Å². The lowest BCUT2D eigenvalue weighted by molar-refractivity contribution is 0.0465. The zero-order valence-corrected chi connectivity index (χ0v) is 11.3. The lowest BCUT2D eigenvalue weighted by Gasteiger charge is -2.34.